The van der Waals surface area contributed by atoms with E-state index in [1.807, 2.05) is 32.9 Å². The van der Waals surface area contributed by atoms with Crippen molar-refractivity contribution in [2.45, 2.75) is 83.5 Å². The normalized spacial score (nSPS) is 30.7. The number of hydrogen-bond acceptors (Lipinski definition) is 6. The number of aliphatic hydroxyl groups is 2. The first-order chi connectivity index (χ1) is 10.7. The second-order valence-electron chi connectivity index (χ2n) is 6.86. The fraction of sp³-hybridized carbons (Fsp3) is 0.882. The molecular formula is C17H32O6. The predicted molar refractivity (Wildman–Crippen MR) is 86.9 cm³/mol. The van der Waals surface area contributed by atoms with Gasteiger partial charge in [-0.15, -0.1) is 0 Å². The first-order valence-electron chi connectivity index (χ1n) is 8.23. The number of unbranched alkanes of at least 4 members (excludes halogenated alkanes) is 1. The third kappa shape index (κ3) is 8.24. The molecule has 0 aliphatic carbocycles. The Morgan fingerprint density at radius 1 is 1.26 bits per heavy atom. The molecule has 5 atom stereocenters. The van der Waals surface area contributed by atoms with Gasteiger partial charge in [-0.2, -0.15) is 0 Å². The quantitative estimate of drug-likeness (QED) is 0.402. The zero-order valence-electron chi connectivity index (χ0n) is 14.9. The van der Waals surface area contributed by atoms with Gasteiger partial charge >= 0.3 is 0 Å². The van der Waals surface area contributed by atoms with Gasteiger partial charge in [0.1, 0.15) is 6.10 Å². The van der Waals surface area contributed by atoms with Crippen molar-refractivity contribution in [2.24, 2.45) is 0 Å². The molecule has 1 aliphatic rings. The van der Waals surface area contributed by atoms with E-state index < -0.39 is 18.5 Å². The van der Waals surface area contributed by atoms with Gasteiger partial charge < -0.3 is 29.2 Å². The van der Waals surface area contributed by atoms with E-state index in [4.69, 9.17) is 18.9 Å². The van der Waals surface area contributed by atoms with Crippen LogP contribution in [0.25, 0.3) is 0 Å². The monoisotopic (exact) mass is 332 g/mol. The molecule has 1 fully saturated rings. The average molecular weight is 332 g/mol. The molecule has 0 bridgehead atoms. The number of hydrogen-bond donors (Lipinski definition) is 2. The summed E-state index contributed by atoms with van der Waals surface area (Å²) >= 11 is 0. The summed E-state index contributed by atoms with van der Waals surface area (Å²) < 4.78 is 22.0. The van der Waals surface area contributed by atoms with Gasteiger partial charge in [-0.05, 0) is 46.6 Å². The Balaban J connectivity index is 2.20. The van der Waals surface area contributed by atoms with Crippen LogP contribution < -0.4 is 0 Å². The van der Waals surface area contributed by atoms with Crippen LogP contribution in [0.5, 0.6) is 0 Å². The van der Waals surface area contributed by atoms with Crippen LogP contribution in [-0.2, 0) is 18.9 Å². The molecule has 0 spiro atoms. The fourth-order valence-electron chi connectivity index (χ4n) is 2.22. The van der Waals surface area contributed by atoms with Gasteiger partial charge in [0.25, 0.3) is 0 Å². The van der Waals surface area contributed by atoms with E-state index in [9.17, 15) is 10.2 Å². The molecule has 0 radical (unpaired) electrons. The Kier molecular flexibility index (Phi) is 8.68. The summed E-state index contributed by atoms with van der Waals surface area (Å²) in [6, 6.07) is 0. The molecule has 1 heterocycles. The summed E-state index contributed by atoms with van der Waals surface area (Å²) in [4.78, 5) is 0. The number of ether oxygens (including phenoxy) is 4. The molecular weight excluding hydrogens is 300 g/mol. The minimum Gasteiger partial charge on any atom is -0.390 e. The Bertz CT molecular complexity index is 351. The molecule has 136 valence electrons. The third-order valence-corrected chi connectivity index (χ3v) is 3.48. The summed E-state index contributed by atoms with van der Waals surface area (Å²) in [6.45, 7) is 8.19. The van der Waals surface area contributed by atoms with E-state index in [2.05, 4.69) is 0 Å². The lowest BCUT2D eigenvalue weighted by Gasteiger charge is -2.35. The van der Waals surface area contributed by atoms with Crippen LogP contribution >= 0.6 is 0 Å². The van der Waals surface area contributed by atoms with Gasteiger partial charge in [-0.3, -0.25) is 0 Å². The second kappa shape index (κ2) is 9.71. The van der Waals surface area contributed by atoms with Crippen molar-refractivity contribution < 1.29 is 29.2 Å². The summed E-state index contributed by atoms with van der Waals surface area (Å²) in [5, 5.41) is 19.4. The van der Waals surface area contributed by atoms with Crippen LogP contribution in [0.3, 0.4) is 0 Å². The minimum atomic E-state index is -0.783. The lowest BCUT2D eigenvalue weighted by molar-refractivity contribution is -0.260. The van der Waals surface area contributed by atoms with E-state index in [0.29, 0.717) is 6.61 Å². The van der Waals surface area contributed by atoms with Gasteiger partial charge in [-0.25, -0.2) is 0 Å². The second-order valence-corrected chi connectivity index (χ2v) is 6.86. The zero-order chi connectivity index (χ0) is 17.5. The first-order valence-corrected chi connectivity index (χ1v) is 8.23. The highest BCUT2D eigenvalue weighted by molar-refractivity contribution is 4.86. The first kappa shape index (κ1) is 20.5. The Hall–Kier alpha value is -0.500. The highest BCUT2D eigenvalue weighted by Crippen LogP contribution is 2.21. The maximum Gasteiger partial charge on any atom is 0.183 e. The maximum absolute atomic E-state index is 9.82. The summed E-state index contributed by atoms with van der Waals surface area (Å²) in [5.41, 5.74) is -0.260. The molecule has 0 aromatic heterocycles. The third-order valence-electron chi connectivity index (χ3n) is 3.48. The van der Waals surface area contributed by atoms with Crippen LogP contribution in [-0.4, -0.2) is 60.4 Å². The maximum atomic E-state index is 9.82. The highest BCUT2D eigenvalue weighted by Gasteiger charge is 2.34. The van der Waals surface area contributed by atoms with Crippen LogP contribution in [0.2, 0.25) is 0 Å². The molecule has 0 aromatic rings. The van der Waals surface area contributed by atoms with Crippen LogP contribution in [0.1, 0.15) is 47.0 Å². The van der Waals surface area contributed by atoms with Crippen molar-refractivity contribution in [3.63, 3.8) is 0 Å². The Morgan fingerprint density at radius 3 is 2.57 bits per heavy atom. The number of rotatable bonds is 8. The minimum absolute atomic E-state index is 0.260. The van der Waals surface area contributed by atoms with Crippen molar-refractivity contribution in [3.8, 4) is 0 Å². The molecule has 1 saturated heterocycles. The standard InChI is InChI=1S/C17H32O6/c1-12-13(18)11-14(19)16(22-12)21-10-8-6-7-9-15(20-5)23-17(2,3)4/h7,9,12-16,18-19H,6,8,10-11H2,1-5H3/b9-7+/t12-,13+,14+,15?,16+/m0/s1. The number of allylic oxidation sites excluding steroid dienone is 1. The largest absolute Gasteiger partial charge is 0.390 e. The van der Waals surface area contributed by atoms with Crippen LogP contribution in [0, 0.1) is 0 Å². The van der Waals surface area contributed by atoms with Crippen LogP contribution in [0.4, 0.5) is 0 Å². The van der Waals surface area contributed by atoms with Gasteiger partial charge in [0.05, 0.1) is 24.4 Å². The average Bonchev–Trinajstić information content (AvgIpc) is 2.45. The van der Waals surface area contributed by atoms with Gasteiger partial charge in [0.15, 0.2) is 12.6 Å². The topological polar surface area (TPSA) is 77.4 Å². The predicted octanol–water partition coefficient (Wildman–Crippen LogP) is 1.98. The van der Waals surface area contributed by atoms with E-state index in [1.165, 1.54) is 0 Å². The van der Waals surface area contributed by atoms with Crippen molar-refractivity contribution >= 4 is 0 Å². The fourth-order valence-corrected chi connectivity index (χ4v) is 2.22. The summed E-state index contributed by atoms with van der Waals surface area (Å²) in [5.74, 6) is 0. The molecule has 1 rings (SSSR count). The van der Waals surface area contributed by atoms with Crippen molar-refractivity contribution in [2.75, 3.05) is 13.7 Å². The molecule has 23 heavy (non-hydrogen) atoms. The highest BCUT2D eigenvalue weighted by atomic mass is 16.7. The van der Waals surface area contributed by atoms with E-state index in [1.54, 1.807) is 14.0 Å². The molecule has 1 aliphatic heterocycles. The van der Waals surface area contributed by atoms with Gasteiger partial charge in [0, 0.05) is 13.5 Å². The summed E-state index contributed by atoms with van der Waals surface area (Å²) in [6.07, 6.45) is 3.02. The SMILES string of the molecule is COC(/C=C/CCCO[C@@H]1O[C@@H](C)[C@H](O)C[C@H]1O)OC(C)(C)C. The van der Waals surface area contributed by atoms with Crippen LogP contribution in [0.15, 0.2) is 12.2 Å². The van der Waals surface area contributed by atoms with Crippen molar-refractivity contribution in [1.29, 1.82) is 0 Å². The van der Waals surface area contributed by atoms with Crippen molar-refractivity contribution in [1.82, 2.24) is 0 Å². The molecule has 6 heteroatoms. The Morgan fingerprint density at radius 2 is 1.96 bits per heavy atom. The lowest BCUT2D eigenvalue weighted by Crippen LogP contribution is -2.47. The molecule has 6 nitrogen and oxygen atoms in total. The van der Waals surface area contributed by atoms with Gasteiger partial charge in [0.2, 0.25) is 0 Å². The van der Waals surface area contributed by atoms with Gasteiger partial charge in [-0.1, -0.05) is 6.08 Å². The zero-order valence-corrected chi connectivity index (χ0v) is 14.9. The molecule has 2 N–H and O–H groups in total. The molecule has 0 aromatic carbocycles. The number of aliphatic hydroxyl groups excluding tert-OH is 2. The molecule has 1 unspecified atom stereocenters. The molecule has 0 saturated carbocycles. The lowest BCUT2D eigenvalue weighted by atomic mass is 10.0. The van der Waals surface area contributed by atoms with Crippen molar-refractivity contribution in [3.05, 3.63) is 12.2 Å². The summed E-state index contributed by atoms with van der Waals surface area (Å²) in [7, 11) is 1.61. The van der Waals surface area contributed by atoms with E-state index in [0.717, 1.165) is 12.8 Å². The smallest absolute Gasteiger partial charge is 0.183 e. The number of methoxy groups -OCH3 is 1. The van der Waals surface area contributed by atoms with E-state index in [-0.39, 0.29) is 24.4 Å². The molecule has 0 amide bonds. The van der Waals surface area contributed by atoms with E-state index >= 15 is 0 Å². The Labute approximate surface area is 139 Å².